The Morgan fingerprint density at radius 3 is 1.52 bits per heavy atom. The Morgan fingerprint density at radius 2 is 1.38 bits per heavy atom. The summed E-state index contributed by atoms with van der Waals surface area (Å²) in [6.07, 6.45) is 0. The Morgan fingerprint density at radius 1 is 0.762 bits per heavy atom. The van der Waals surface area contributed by atoms with Crippen molar-refractivity contribution >= 4 is 45.6 Å². The largest absolute Gasteiger partial charge is 0.149 e. The average molecular weight is 357 g/mol. The molecule has 0 saturated carbocycles. The zero-order valence-electron chi connectivity index (χ0n) is 13.1. The fraction of sp³-hybridized carbons (Fsp3) is 0.294. The molecule has 0 unspecified atom stereocenters. The smallest absolute Gasteiger partial charge is 0.0544 e. The van der Waals surface area contributed by atoms with Gasteiger partial charge < -0.3 is 0 Å². The third-order valence-electron chi connectivity index (χ3n) is 2.52. The Bertz CT molecular complexity index is 597. The first kappa shape index (κ1) is 18.4. The summed E-state index contributed by atoms with van der Waals surface area (Å²) >= 11 is 11.1. The van der Waals surface area contributed by atoms with Gasteiger partial charge in [-0.05, 0) is 64.3 Å². The number of rotatable bonds is 0. The molecule has 3 aromatic rings. The average Bonchev–Trinajstić information content (AvgIpc) is 3.08. The van der Waals surface area contributed by atoms with Crippen molar-refractivity contribution in [2.45, 2.75) is 34.6 Å². The highest BCUT2D eigenvalue weighted by molar-refractivity contribution is 7.12. The van der Waals surface area contributed by atoms with Crippen LogP contribution in [0.2, 0.25) is 5.02 Å². The van der Waals surface area contributed by atoms with Crippen LogP contribution in [0.25, 0.3) is 0 Å². The Labute approximate surface area is 145 Å². The van der Waals surface area contributed by atoms with E-state index in [4.69, 9.17) is 11.6 Å². The molecule has 0 bridgehead atoms. The number of thiophene rings is 3. The zero-order valence-corrected chi connectivity index (χ0v) is 16.3. The van der Waals surface area contributed by atoms with Gasteiger partial charge in [0.05, 0.1) is 5.02 Å². The second-order valence-corrected chi connectivity index (χ2v) is 9.15. The van der Waals surface area contributed by atoms with E-state index >= 15 is 0 Å². The number of hydrogen-bond donors (Lipinski definition) is 0. The lowest BCUT2D eigenvalue weighted by atomic mass is 10.5. The molecule has 3 aromatic heterocycles. The van der Waals surface area contributed by atoms with Crippen LogP contribution in [0.1, 0.15) is 24.4 Å². The molecule has 0 aliphatic heterocycles. The van der Waals surface area contributed by atoms with E-state index in [2.05, 4.69) is 57.3 Å². The molecule has 3 heterocycles. The molecule has 3 rings (SSSR count). The van der Waals surface area contributed by atoms with E-state index in [0.29, 0.717) is 0 Å². The normalized spacial score (nSPS) is 9.43. The topological polar surface area (TPSA) is 0 Å². The molecule has 4 heteroatoms. The van der Waals surface area contributed by atoms with E-state index in [1.54, 1.807) is 22.7 Å². The van der Waals surface area contributed by atoms with E-state index < -0.39 is 0 Å². The van der Waals surface area contributed by atoms with Gasteiger partial charge in [0, 0.05) is 24.4 Å². The fourth-order valence-electron chi connectivity index (χ4n) is 1.52. The highest BCUT2D eigenvalue weighted by Gasteiger charge is 1.96. The SMILES string of the molecule is Cc1cc(Cl)c(C)s1.Cc1ccc(C)s1.Cc1cccs1. The molecule has 0 saturated heterocycles. The summed E-state index contributed by atoms with van der Waals surface area (Å²) in [5.41, 5.74) is 0. The predicted octanol–water partition coefficient (Wildman–Crippen LogP) is 7.44. The van der Waals surface area contributed by atoms with Gasteiger partial charge in [-0.1, -0.05) is 17.7 Å². The maximum atomic E-state index is 5.74. The van der Waals surface area contributed by atoms with Crippen LogP contribution in [0.5, 0.6) is 0 Å². The number of halogens is 1. The monoisotopic (exact) mass is 356 g/mol. The molecule has 114 valence electrons. The Kier molecular flexibility index (Phi) is 8.27. The lowest BCUT2D eigenvalue weighted by Crippen LogP contribution is -1.53. The van der Waals surface area contributed by atoms with Gasteiger partial charge in [-0.2, -0.15) is 0 Å². The van der Waals surface area contributed by atoms with Gasteiger partial charge in [0.25, 0.3) is 0 Å². The minimum atomic E-state index is 0.896. The van der Waals surface area contributed by atoms with Crippen molar-refractivity contribution in [3.05, 3.63) is 65.1 Å². The lowest BCUT2D eigenvalue weighted by Gasteiger charge is -1.76. The molecule has 0 amide bonds. The minimum absolute atomic E-state index is 0.896. The van der Waals surface area contributed by atoms with Crippen LogP contribution in [0.15, 0.2) is 35.7 Å². The van der Waals surface area contributed by atoms with Crippen LogP contribution in [-0.2, 0) is 0 Å². The summed E-state index contributed by atoms with van der Waals surface area (Å²) in [5.74, 6) is 0. The van der Waals surface area contributed by atoms with Gasteiger partial charge in [-0.3, -0.25) is 0 Å². The highest BCUT2D eigenvalue weighted by Crippen LogP contribution is 2.24. The molecule has 0 aromatic carbocycles. The van der Waals surface area contributed by atoms with Crippen LogP contribution in [0.3, 0.4) is 0 Å². The summed E-state index contributed by atoms with van der Waals surface area (Å²) in [6.45, 7) is 10.4. The summed E-state index contributed by atoms with van der Waals surface area (Å²) in [6, 6.07) is 10.4. The van der Waals surface area contributed by atoms with Gasteiger partial charge >= 0.3 is 0 Å². The van der Waals surface area contributed by atoms with Crippen molar-refractivity contribution in [1.82, 2.24) is 0 Å². The third kappa shape index (κ3) is 7.82. The summed E-state index contributed by atoms with van der Waals surface area (Å²) < 4.78 is 0. The van der Waals surface area contributed by atoms with E-state index in [0.717, 1.165) is 5.02 Å². The Balaban J connectivity index is 0.000000159. The lowest BCUT2D eigenvalue weighted by molar-refractivity contribution is 1.61. The standard InChI is InChI=1S/C6H7ClS.C6H8S.C5H6S/c1-4-3-6(7)5(2)8-4;1-5-3-4-6(2)7-5;1-5-3-2-4-6-5/h3H,1-2H3;3-4H,1-2H3;2-4H,1H3. The maximum Gasteiger partial charge on any atom is 0.0544 e. The van der Waals surface area contributed by atoms with Crippen molar-refractivity contribution in [3.63, 3.8) is 0 Å². The molecule has 0 atom stereocenters. The Hall–Kier alpha value is -0.610. The van der Waals surface area contributed by atoms with Gasteiger partial charge in [0.15, 0.2) is 0 Å². The second-order valence-electron chi connectivity index (χ2n) is 4.64. The predicted molar refractivity (Wildman–Crippen MR) is 102 cm³/mol. The van der Waals surface area contributed by atoms with Gasteiger partial charge in [0.2, 0.25) is 0 Å². The first-order valence-corrected chi connectivity index (χ1v) is 9.53. The maximum absolute atomic E-state index is 5.74. The van der Waals surface area contributed by atoms with Crippen LogP contribution in [0.4, 0.5) is 0 Å². The van der Waals surface area contributed by atoms with E-state index in [-0.39, 0.29) is 0 Å². The minimum Gasteiger partial charge on any atom is -0.149 e. The van der Waals surface area contributed by atoms with Crippen molar-refractivity contribution in [2.24, 2.45) is 0 Å². The molecular weight excluding hydrogens is 336 g/mol. The molecule has 21 heavy (non-hydrogen) atoms. The van der Waals surface area contributed by atoms with Crippen LogP contribution >= 0.6 is 45.6 Å². The quantitative estimate of drug-likeness (QED) is 0.392. The molecular formula is C17H21ClS3. The third-order valence-corrected chi connectivity index (χ3v) is 5.71. The van der Waals surface area contributed by atoms with Crippen LogP contribution in [-0.4, -0.2) is 0 Å². The van der Waals surface area contributed by atoms with Gasteiger partial charge in [-0.25, -0.2) is 0 Å². The fourth-order valence-corrected chi connectivity index (χ4v) is 3.99. The van der Waals surface area contributed by atoms with Gasteiger partial charge in [-0.15, -0.1) is 34.0 Å². The van der Waals surface area contributed by atoms with Crippen molar-refractivity contribution in [1.29, 1.82) is 0 Å². The molecule has 0 radical (unpaired) electrons. The molecule has 0 spiro atoms. The second kappa shape index (κ2) is 9.42. The van der Waals surface area contributed by atoms with Gasteiger partial charge in [0.1, 0.15) is 0 Å². The summed E-state index contributed by atoms with van der Waals surface area (Å²) in [4.78, 5) is 6.68. The first-order chi connectivity index (χ1) is 9.88. The van der Waals surface area contributed by atoms with E-state index in [1.165, 1.54) is 24.4 Å². The first-order valence-electron chi connectivity index (χ1n) is 6.64. The molecule has 0 N–H and O–H groups in total. The zero-order chi connectivity index (χ0) is 15.8. The molecule has 0 nitrogen and oxygen atoms in total. The van der Waals surface area contributed by atoms with Crippen LogP contribution in [0, 0.1) is 34.6 Å². The van der Waals surface area contributed by atoms with Crippen molar-refractivity contribution in [3.8, 4) is 0 Å². The number of aryl methyl sites for hydroxylation is 5. The summed E-state index contributed by atoms with van der Waals surface area (Å²) in [5, 5.41) is 2.97. The molecule has 0 aliphatic rings. The van der Waals surface area contributed by atoms with Crippen molar-refractivity contribution in [2.75, 3.05) is 0 Å². The number of hydrogen-bond acceptors (Lipinski definition) is 3. The van der Waals surface area contributed by atoms with Crippen LogP contribution < -0.4 is 0 Å². The molecule has 0 fully saturated rings. The van der Waals surface area contributed by atoms with Crippen molar-refractivity contribution < 1.29 is 0 Å². The van der Waals surface area contributed by atoms with E-state index in [9.17, 15) is 0 Å². The highest BCUT2D eigenvalue weighted by atomic mass is 35.5. The van der Waals surface area contributed by atoms with E-state index in [1.807, 2.05) is 24.3 Å². The summed E-state index contributed by atoms with van der Waals surface area (Å²) in [7, 11) is 0. The molecule has 0 aliphatic carbocycles.